The van der Waals surface area contributed by atoms with E-state index >= 15 is 0 Å². The van der Waals surface area contributed by atoms with Gasteiger partial charge >= 0.3 is 6.03 Å². The summed E-state index contributed by atoms with van der Waals surface area (Å²) in [4.78, 5) is 12.1. The van der Waals surface area contributed by atoms with Crippen LogP contribution in [0.2, 0.25) is 0 Å². The summed E-state index contributed by atoms with van der Waals surface area (Å²) in [5, 5.41) is 5.61. The largest absolute Gasteiger partial charge is 0.376 e. The smallest absolute Gasteiger partial charge is 0.315 e. The van der Waals surface area contributed by atoms with Crippen molar-refractivity contribution in [2.24, 2.45) is 0 Å². The standard InChI is InChI=1S/C15H23N3O4S/c1-11(14-4-3-9-22-14)18-15(19)17-10-12-5-7-13(8-6-12)23(20,21)16-2/h5-8,11,14,16H,3-4,9-10H2,1-2H3,(H2,17,18,19)/t11-,14+/m1/s1. The fourth-order valence-electron chi connectivity index (χ4n) is 2.43. The van der Waals surface area contributed by atoms with Crippen LogP contribution >= 0.6 is 0 Å². The number of rotatable bonds is 6. The lowest BCUT2D eigenvalue weighted by atomic mass is 10.1. The van der Waals surface area contributed by atoms with E-state index in [1.54, 1.807) is 12.1 Å². The zero-order chi connectivity index (χ0) is 16.9. The number of hydrogen-bond donors (Lipinski definition) is 3. The summed E-state index contributed by atoms with van der Waals surface area (Å²) < 4.78 is 31.0. The number of benzene rings is 1. The van der Waals surface area contributed by atoms with Gasteiger partial charge in [-0.05, 0) is 44.5 Å². The molecule has 1 aromatic carbocycles. The highest BCUT2D eigenvalue weighted by Gasteiger charge is 2.23. The van der Waals surface area contributed by atoms with Crippen LogP contribution in [-0.4, -0.2) is 40.2 Å². The van der Waals surface area contributed by atoms with Crippen molar-refractivity contribution in [3.05, 3.63) is 29.8 Å². The van der Waals surface area contributed by atoms with Crippen molar-refractivity contribution >= 4 is 16.1 Å². The van der Waals surface area contributed by atoms with E-state index in [-0.39, 0.29) is 23.1 Å². The molecule has 23 heavy (non-hydrogen) atoms. The van der Waals surface area contributed by atoms with Gasteiger partial charge in [0.15, 0.2) is 0 Å². The molecular weight excluding hydrogens is 318 g/mol. The van der Waals surface area contributed by atoms with Gasteiger partial charge in [-0.1, -0.05) is 12.1 Å². The SMILES string of the molecule is CNS(=O)(=O)c1ccc(CNC(=O)N[C@H](C)[C@@H]2CCCO2)cc1. The van der Waals surface area contributed by atoms with Gasteiger partial charge in [0.1, 0.15) is 0 Å². The van der Waals surface area contributed by atoms with Gasteiger partial charge in [0.25, 0.3) is 0 Å². The van der Waals surface area contributed by atoms with Gasteiger partial charge in [0.05, 0.1) is 17.0 Å². The normalized spacial score (nSPS) is 19.3. The Labute approximate surface area is 136 Å². The lowest BCUT2D eigenvalue weighted by Crippen LogP contribution is -2.45. The summed E-state index contributed by atoms with van der Waals surface area (Å²) in [5.41, 5.74) is 0.819. The molecule has 3 N–H and O–H groups in total. The summed E-state index contributed by atoms with van der Waals surface area (Å²) in [5.74, 6) is 0. The predicted molar refractivity (Wildman–Crippen MR) is 86.5 cm³/mol. The Morgan fingerprint density at radius 2 is 2.04 bits per heavy atom. The maximum Gasteiger partial charge on any atom is 0.315 e. The number of carbonyl (C=O) groups excluding carboxylic acids is 1. The molecule has 2 atom stereocenters. The number of sulfonamides is 1. The van der Waals surface area contributed by atoms with Crippen LogP contribution < -0.4 is 15.4 Å². The molecule has 1 aromatic rings. The molecular formula is C15H23N3O4S. The van der Waals surface area contributed by atoms with Gasteiger partial charge in [-0.3, -0.25) is 0 Å². The number of amides is 2. The minimum absolute atomic E-state index is 0.0411. The molecule has 0 spiro atoms. The first-order chi connectivity index (χ1) is 10.9. The molecule has 0 radical (unpaired) electrons. The van der Waals surface area contributed by atoms with E-state index < -0.39 is 10.0 Å². The molecule has 0 aromatic heterocycles. The second-order valence-corrected chi connectivity index (χ2v) is 7.41. The van der Waals surface area contributed by atoms with Crippen molar-refractivity contribution in [1.29, 1.82) is 0 Å². The van der Waals surface area contributed by atoms with Crippen LogP contribution in [0.25, 0.3) is 0 Å². The molecule has 0 unspecified atom stereocenters. The minimum Gasteiger partial charge on any atom is -0.376 e. The second kappa shape index (κ2) is 7.76. The van der Waals surface area contributed by atoms with Gasteiger partial charge in [0.2, 0.25) is 10.0 Å². The third kappa shape index (κ3) is 4.92. The molecule has 0 aliphatic carbocycles. The van der Waals surface area contributed by atoms with Crippen molar-refractivity contribution < 1.29 is 17.9 Å². The van der Waals surface area contributed by atoms with Gasteiger partial charge < -0.3 is 15.4 Å². The van der Waals surface area contributed by atoms with Crippen molar-refractivity contribution in [2.45, 2.75) is 43.4 Å². The number of nitrogens with one attached hydrogen (secondary N) is 3. The highest BCUT2D eigenvalue weighted by molar-refractivity contribution is 7.89. The van der Waals surface area contributed by atoms with Crippen LogP contribution in [0.15, 0.2) is 29.2 Å². The highest BCUT2D eigenvalue weighted by Crippen LogP contribution is 2.15. The maximum absolute atomic E-state index is 11.9. The molecule has 1 aliphatic rings. The molecule has 1 fully saturated rings. The van der Waals surface area contributed by atoms with Crippen LogP contribution in [0.1, 0.15) is 25.3 Å². The molecule has 0 bridgehead atoms. The molecule has 128 valence electrons. The predicted octanol–water partition coefficient (Wildman–Crippen LogP) is 0.961. The van der Waals surface area contributed by atoms with Crippen molar-refractivity contribution in [2.75, 3.05) is 13.7 Å². The Bertz CT molecular complexity index is 625. The first-order valence-electron chi connectivity index (χ1n) is 7.61. The van der Waals surface area contributed by atoms with Gasteiger partial charge in [-0.25, -0.2) is 17.9 Å². The average molecular weight is 341 g/mol. The Morgan fingerprint density at radius 3 is 2.61 bits per heavy atom. The van der Waals surface area contributed by atoms with Crippen LogP contribution in [0.4, 0.5) is 4.79 Å². The van der Waals surface area contributed by atoms with Crippen molar-refractivity contribution in [1.82, 2.24) is 15.4 Å². The number of hydrogen-bond acceptors (Lipinski definition) is 4. The second-order valence-electron chi connectivity index (χ2n) is 5.52. The van der Waals surface area contributed by atoms with Crippen molar-refractivity contribution in [3.63, 3.8) is 0 Å². The number of carbonyl (C=O) groups is 1. The topological polar surface area (TPSA) is 96.5 Å². The van der Waals surface area contributed by atoms with Crippen LogP contribution in [0, 0.1) is 0 Å². The molecule has 1 heterocycles. The van der Waals surface area contributed by atoms with Crippen LogP contribution in [0.5, 0.6) is 0 Å². The van der Waals surface area contributed by atoms with E-state index in [1.165, 1.54) is 19.2 Å². The zero-order valence-electron chi connectivity index (χ0n) is 13.3. The first kappa shape index (κ1) is 17.7. The highest BCUT2D eigenvalue weighted by atomic mass is 32.2. The van der Waals surface area contributed by atoms with Crippen LogP contribution in [0.3, 0.4) is 0 Å². The fourth-order valence-corrected chi connectivity index (χ4v) is 3.16. The zero-order valence-corrected chi connectivity index (χ0v) is 14.2. The summed E-state index contributed by atoms with van der Waals surface area (Å²) in [6.45, 7) is 3.00. The molecule has 2 rings (SSSR count). The van der Waals surface area contributed by atoms with E-state index in [4.69, 9.17) is 4.74 Å². The maximum atomic E-state index is 11.9. The summed E-state index contributed by atoms with van der Waals surface area (Å²) in [6.07, 6.45) is 2.06. The van der Waals surface area contributed by atoms with Gasteiger partial charge in [0, 0.05) is 13.2 Å². The third-order valence-electron chi connectivity index (χ3n) is 3.84. The Kier molecular flexibility index (Phi) is 5.97. The van der Waals surface area contributed by atoms with Gasteiger partial charge in [-0.15, -0.1) is 0 Å². The Hall–Kier alpha value is -1.64. The molecule has 8 heteroatoms. The molecule has 0 saturated carbocycles. The van der Waals surface area contributed by atoms with E-state index in [1.807, 2.05) is 6.92 Å². The van der Waals surface area contributed by atoms with E-state index in [0.717, 1.165) is 25.0 Å². The summed E-state index contributed by atoms with van der Waals surface area (Å²) in [6, 6.07) is 6.06. The average Bonchev–Trinajstić information content (AvgIpc) is 3.08. The molecule has 1 aliphatic heterocycles. The lowest BCUT2D eigenvalue weighted by Gasteiger charge is -2.20. The molecule has 7 nitrogen and oxygen atoms in total. The third-order valence-corrected chi connectivity index (χ3v) is 5.27. The summed E-state index contributed by atoms with van der Waals surface area (Å²) >= 11 is 0. The van der Waals surface area contributed by atoms with E-state index in [0.29, 0.717) is 6.54 Å². The van der Waals surface area contributed by atoms with Gasteiger partial charge in [-0.2, -0.15) is 0 Å². The number of urea groups is 1. The van der Waals surface area contributed by atoms with E-state index in [2.05, 4.69) is 15.4 Å². The Balaban J connectivity index is 1.82. The Morgan fingerprint density at radius 1 is 1.35 bits per heavy atom. The molecule has 2 amide bonds. The molecule has 1 saturated heterocycles. The lowest BCUT2D eigenvalue weighted by molar-refractivity contribution is 0.0860. The minimum atomic E-state index is -3.44. The summed E-state index contributed by atoms with van der Waals surface area (Å²) in [7, 11) is -2.07. The number of ether oxygens (including phenoxy) is 1. The van der Waals surface area contributed by atoms with Crippen LogP contribution in [-0.2, 0) is 21.3 Å². The first-order valence-corrected chi connectivity index (χ1v) is 9.09. The van der Waals surface area contributed by atoms with E-state index in [9.17, 15) is 13.2 Å². The fraction of sp³-hybridized carbons (Fsp3) is 0.533. The van der Waals surface area contributed by atoms with Crippen molar-refractivity contribution in [3.8, 4) is 0 Å². The quantitative estimate of drug-likeness (QED) is 0.718. The monoisotopic (exact) mass is 341 g/mol.